The maximum absolute atomic E-state index is 11.4. The van der Waals surface area contributed by atoms with Crippen LogP contribution in [-0.4, -0.2) is 36.5 Å². The van der Waals surface area contributed by atoms with Crippen molar-refractivity contribution < 1.29 is 4.21 Å². The van der Waals surface area contributed by atoms with Crippen molar-refractivity contribution in [2.24, 2.45) is 10.2 Å². The van der Waals surface area contributed by atoms with Crippen molar-refractivity contribution in [3.63, 3.8) is 0 Å². The van der Waals surface area contributed by atoms with Gasteiger partial charge in [-0.05, 0) is 38.0 Å². The van der Waals surface area contributed by atoms with Crippen LogP contribution in [0.25, 0.3) is 11.0 Å². The van der Waals surface area contributed by atoms with E-state index >= 15 is 0 Å². The first-order chi connectivity index (χ1) is 14.5. The number of aromatic nitrogens is 4. The number of nitrogens with zero attached hydrogens (tertiary/aromatic N) is 6. The van der Waals surface area contributed by atoms with Crippen molar-refractivity contribution in [2.45, 2.75) is 49.5 Å². The van der Waals surface area contributed by atoms with Crippen molar-refractivity contribution in [1.29, 1.82) is 0 Å². The molecule has 4 heterocycles. The summed E-state index contributed by atoms with van der Waals surface area (Å²) in [5.41, 5.74) is 1.90. The molecule has 30 heavy (non-hydrogen) atoms. The lowest BCUT2D eigenvalue weighted by Gasteiger charge is -2.44. The second kappa shape index (κ2) is 7.13. The number of rotatable bonds is 3. The van der Waals surface area contributed by atoms with Gasteiger partial charge in [0.1, 0.15) is 28.3 Å². The maximum Gasteiger partial charge on any atom is 0.230 e. The van der Waals surface area contributed by atoms with Gasteiger partial charge in [0.05, 0.1) is 16.1 Å². The molecule has 1 aliphatic carbocycles. The highest BCUT2D eigenvalue weighted by atomic mass is 32.2. The summed E-state index contributed by atoms with van der Waals surface area (Å²) < 4.78 is 13.7. The van der Waals surface area contributed by atoms with Gasteiger partial charge in [0.15, 0.2) is 0 Å². The van der Waals surface area contributed by atoms with E-state index < -0.39 is 11.0 Å². The Hall–Kier alpha value is -2.85. The molecular weight excluding hydrogens is 400 g/mol. The van der Waals surface area contributed by atoms with Crippen molar-refractivity contribution in [3.8, 4) is 0 Å². The van der Waals surface area contributed by atoms with Gasteiger partial charge < -0.3 is 5.32 Å². The first kappa shape index (κ1) is 19.1. The van der Waals surface area contributed by atoms with E-state index in [9.17, 15) is 4.21 Å². The van der Waals surface area contributed by atoms with E-state index in [1.807, 2.05) is 18.3 Å². The largest absolute Gasteiger partial charge is 0.309 e. The summed E-state index contributed by atoms with van der Waals surface area (Å²) in [6.07, 6.45) is 9.09. The predicted molar refractivity (Wildman–Crippen MR) is 118 cm³/mol. The molecule has 1 aliphatic heterocycles. The summed E-state index contributed by atoms with van der Waals surface area (Å²) in [5.74, 6) is 2.07. The Bertz CT molecular complexity index is 1160. The van der Waals surface area contributed by atoms with Crippen LogP contribution in [0.15, 0.2) is 40.6 Å². The fourth-order valence-electron chi connectivity index (χ4n) is 4.64. The Morgan fingerprint density at radius 3 is 2.67 bits per heavy atom. The molecule has 1 unspecified atom stereocenters. The van der Waals surface area contributed by atoms with E-state index in [2.05, 4.69) is 32.8 Å². The monoisotopic (exact) mass is 424 g/mol. The minimum absolute atomic E-state index is 0.126. The molecular formula is C20H24N8OS. The molecule has 9 nitrogen and oxygen atoms in total. The number of hydrogen-bond donors (Lipinski definition) is 2. The van der Waals surface area contributed by atoms with E-state index in [4.69, 9.17) is 15.2 Å². The average molecular weight is 425 g/mol. The summed E-state index contributed by atoms with van der Waals surface area (Å²) >= 11 is 0. The fourth-order valence-corrected chi connectivity index (χ4v) is 5.00. The molecule has 1 atom stereocenters. The van der Waals surface area contributed by atoms with Gasteiger partial charge >= 0.3 is 0 Å². The first-order valence-electron chi connectivity index (χ1n) is 10.1. The second-order valence-electron chi connectivity index (χ2n) is 7.91. The van der Waals surface area contributed by atoms with Crippen LogP contribution in [0.3, 0.4) is 0 Å². The molecule has 3 aromatic heterocycles. The molecule has 0 aromatic carbocycles. The smallest absolute Gasteiger partial charge is 0.230 e. The topological polar surface area (TPSA) is 114 Å². The lowest BCUT2D eigenvalue weighted by molar-refractivity contribution is 0.282. The van der Waals surface area contributed by atoms with Gasteiger partial charge in [0.25, 0.3) is 0 Å². The third-order valence-electron chi connectivity index (χ3n) is 6.14. The van der Waals surface area contributed by atoms with Gasteiger partial charge in [-0.25, -0.2) is 19.3 Å². The van der Waals surface area contributed by atoms with Crippen LogP contribution in [0.5, 0.6) is 0 Å². The van der Waals surface area contributed by atoms with Crippen LogP contribution in [0.4, 0.5) is 17.6 Å². The normalized spacial score (nSPS) is 18.9. The Balaban J connectivity index is 1.58. The van der Waals surface area contributed by atoms with Gasteiger partial charge in [-0.3, -0.25) is 9.58 Å². The van der Waals surface area contributed by atoms with Crippen LogP contribution < -0.4 is 15.5 Å². The molecule has 5 rings (SSSR count). The second-order valence-corrected chi connectivity index (χ2v) is 8.98. The number of nitrogens with one attached hydrogen (secondary N) is 1. The van der Waals surface area contributed by atoms with Crippen LogP contribution in [-0.2, 0) is 16.5 Å². The molecule has 0 amide bonds. The highest BCUT2D eigenvalue weighted by Crippen LogP contribution is 2.44. The molecule has 0 saturated heterocycles. The maximum atomic E-state index is 11.4. The summed E-state index contributed by atoms with van der Waals surface area (Å²) in [5, 5.41) is 16.3. The van der Waals surface area contributed by atoms with E-state index in [0.717, 1.165) is 35.4 Å². The number of hydrazone groups is 1. The summed E-state index contributed by atoms with van der Waals surface area (Å²) in [7, 11) is 0.423. The number of hydrogen-bond acceptors (Lipinski definition) is 7. The quantitative estimate of drug-likeness (QED) is 0.668. The number of fused-ring (bicyclic) bond motifs is 4. The zero-order valence-electron chi connectivity index (χ0n) is 17.0. The minimum Gasteiger partial charge on any atom is -0.309 e. The molecule has 1 saturated carbocycles. The van der Waals surface area contributed by atoms with Gasteiger partial charge in [0.2, 0.25) is 5.95 Å². The Kier molecular flexibility index (Phi) is 4.55. The Labute approximate surface area is 177 Å². The number of pyridine rings is 1. The van der Waals surface area contributed by atoms with Crippen LogP contribution in [0, 0.1) is 0 Å². The number of anilines is 3. The van der Waals surface area contributed by atoms with E-state index in [0.29, 0.717) is 16.7 Å². The zero-order valence-corrected chi connectivity index (χ0v) is 17.8. The van der Waals surface area contributed by atoms with Gasteiger partial charge in [-0.1, -0.05) is 19.3 Å². The first-order valence-corrected chi connectivity index (χ1v) is 11.3. The lowest BCUT2D eigenvalue weighted by atomic mass is 9.78. The van der Waals surface area contributed by atoms with E-state index in [-0.39, 0.29) is 5.54 Å². The predicted octanol–water partition coefficient (Wildman–Crippen LogP) is 3.04. The van der Waals surface area contributed by atoms with Crippen molar-refractivity contribution in [3.05, 3.63) is 30.6 Å². The summed E-state index contributed by atoms with van der Waals surface area (Å²) in [4.78, 5) is 14.0. The SMILES string of the molecule is CC1=NN(C)c2cc3cnc(Nc4ccc(S(N)=O)cn4)nc3n2C12CCCCC2. The molecule has 3 N–H and O–H groups in total. The van der Waals surface area contributed by atoms with Crippen molar-refractivity contribution >= 4 is 45.3 Å². The zero-order chi connectivity index (χ0) is 20.9. The third kappa shape index (κ3) is 2.98. The molecule has 156 valence electrons. The highest BCUT2D eigenvalue weighted by molar-refractivity contribution is 7.82. The highest BCUT2D eigenvalue weighted by Gasteiger charge is 2.42. The van der Waals surface area contributed by atoms with Gasteiger partial charge in [-0.15, -0.1) is 0 Å². The molecule has 2 aliphatic rings. The molecule has 1 fully saturated rings. The molecule has 3 aromatic rings. The number of nitrogens with two attached hydrogens (primary N) is 1. The Morgan fingerprint density at radius 1 is 1.17 bits per heavy atom. The standard InChI is InChI=1S/C20H24N8OS/c1-13-20(8-4-3-5-9-20)28-17(27(2)26-13)10-14-11-23-19(25-18(14)28)24-16-7-6-15(12-22-16)30(21)29/h6-7,10-12H,3-5,8-9,21H2,1-2H3,(H,22,23,24,25). The third-order valence-corrected chi connectivity index (χ3v) is 6.85. The van der Waals surface area contributed by atoms with Crippen LogP contribution >= 0.6 is 0 Å². The summed E-state index contributed by atoms with van der Waals surface area (Å²) in [6.45, 7) is 2.13. The molecule has 0 radical (unpaired) electrons. The lowest BCUT2D eigenvalue weighted by Crippen LogP contribution is -2.47. The average Bonchev–Trinajstić information content (AvgIpc) is 3.14. The summed E-state index contributed by atoms with van der Waals surface area (Å²) in [6, 6.07) is 5.50. The van der Waals surface area contributed by atoms with Crippen molar-refractivity contribution in [2.75, 3.05) is 17.4 Å². The Morgan fingerprint density at radius 2 is 1.97 bits per heavy atom. The van der Waals surface area contributed by atoms with Crippen LogP contribution in [0.2, 0.25) is 0 Å². The molecule has 0 bridgehead atoms. The molecule has 1 spiro atoms. The van der Waals surface area contributed by atoms with Gasteiger partial charge in [0, 0.05) is 24.8 Å². The van der Waals surface area contributed by atoms with E-state index in [1.54, 1.807) is 12.1 Å². The van der Waals surface area contributed by atoms with Crippen molar-refractivity contribution in [1.82, 2.24) is 19.5 Å². The molecule has 10 heteroatoms. The van der Waals surface area contributed by atoms with E-state index in [1.165, 1.54) is 25.5 Å². The van der Waals surface area contributed by atoms with Crippen LogP contribution in [0.1, 0.15) is 39.0 Å². The fraction of sp³-hybridized carbons (Fsp3) is 0.400. The minimum atomic E-state index is -1.55. The van der Waals surface area contributed by atoms with Gasteiger partial charge in [-0.2, -0.15) is 10.1 Å².